The van der Waals surface area contributed by atoms with Gasteiger partial charge in [-0.05, 0) is 39.8 Å². The highest BCUT2D eigenvalue weighted by molar-refractivity contribution is 6.62. The normalized spacial score (nSPS) is 20.1. The van der Waals surface area contributed by atoms with E-state index in [1.165, 1.54) is 0 Å². The van der Waals surface area contributed by atoms with E-state index in [4.69, 9.17) is 14.0 Å². The van der Waals surface area contributed by atoms with Crippen LogP contribution in [-0.2, 0) is 9.31 Å². The molecular formula is C14H18BNO3. The van der Waals surface area contributed by atoms with Gasteiger partial charge in [-0.3, -0.25) is 0 Å². The van der Waals surface area contributed by atoms with Gasteiger partial charge < -0.3 is 14.0 Å². The minimum absolute atomic E-state index is 0.412. The lowest BCUT2D eigenvalue weighted by atomic mass is 9.76. The van der Waals surface area contributed by atoms with E-state index in [1.807, 2.05) is 33.8 Å². The fourth-order valence-electron chi connectivity index (χ4n) is 1.93. The van der Waals surface area contributed by atoms with Crippen molar-refractivity contribution in [3.05, 3.63) is 23.8 Å². The van der Waals surface area contributed by atoms with Crippen molar-refractivity contribution in [2.75, 3.05) is 7.11 Å². The Balaban J connectivity index is 2.37. The molecule has 19 heavy (non-hydrogen) atoms. The van der Waals surface area contributed by atoms with Crippen LogP contribution in [-0.4, -0.2) is 25.4 Å². The van der Waals surface area contributed by atoms with Crippen molar-refractivity contribution in [2.45, 2.75) is 38.9 Å². The summed E-state index contributed by atoms with van der Waals surface area (Å²) >= 11 is 0. The lowest BCUT2D eigenvalue weighted by Crippen LogP contribution is -2.41. The highest BCUT2D eigenvalue weighted by Gasteiger charge is 2.52. The maximum atomic E-state index is 9.24. The Morgan fingerprint density at radius 2 is 1.74 bits per heavy atom. The summed E-state index contributed by atoms with van der Waals surface area (Å²) in [5, 5.41) is 9.24. The molecule has 1 aromatic carbocycles. The van der Waals surface area contributed by atoms with E-state index in [-0.39, 0.29) is 0 Å². The lowest BCUT2D eigenvalue weighted by molar-refractivity contribution is 0.00578. The molecule has 1 saturated heterocycles. The number of ether oxygens (including phenoxy) is 1. The third-order valence-electron chi connectivity index (χ3n) is 3.89. The number of hydrogen-bond acceptors (Lipinski definition) is 4. The number of rotatable bonds is 2. The van der Waals surface area contributed by atoms with E-state index in [9.17, 15) is 5.26 Å². The highest BCUT2D eigenvalue weighted by Crippen LogP contribution is 2.36. The van der Waals surface area contributed by atoms with Crippen molar-refractivity contribution in [3.63, 3.8) is 0 Å². The number of nitriles is 1. The van der Waals surface area contributed by atoms with Crippen LogP contribution in [0.1, 0.15) is 33.3 Å². The largest absolute Gasteiger partial charge is 0.497 e. The fraction of sp³-hybridized carbons (Fsp3) is 0.500. The van der Waals surface area contributed by atoms with Gasteiger partial charge in [-0.1, -0.05) is 6.07 Å². The average molecular weight is 259 g/mol. The Hall–Kier alpha value is -1.51. The first-order chi connectivity index (χ1) is 8.80. The van der Waals surface area contributed by atoms with E-state index in [0.717, 1.165) is 5.46 Å². The molecule has 100 valence electrons. The Morgan fingerprint density at radius 1 is 1.16 bits per heavy atom. The summed E-state index contributed by atoms with van der Waals surface area (Å²) in [6.07, 6.45) is 0. The smallest absolute Gasteiger partial charge is 0.496 e. The number of hydrogen-bond donors (Lipinski definition) is 0. The topological polar surface area (TPSA) is 51.5 Å². The van der Waals surface area contributed by atoms with Crippen molar-refractivity contribution in [1.29, 1.82) is 5.26 Å². The summed E-state index contributed by atoms with van der Waals surface area (Å²) < 4.78 is 17.0. The second-order valence-corrected chi connectivity index (χ2v) is 5.65. The molecule has 1 aromatic rings. The van der Waals surface area contributed by atoms with Crippen molar-refractivity contribution in [3.8, 4) is 11.8 Å². The van der Waals surface area contributed by atoms with Gasteiger partial charge in [-0.15, -0.1) is 0 Å². The molecule has 0 saturated carbocycles. The van der Waals surface area contributed by atoms with Crippen molar-refractivity contribution in [1.82, 2.24) is 0 Å². The van der Waals surface area contributed by atoms with Crippen LogP contribution in [0.25, 0.3) is 0 Å². The van der Waals surface area contributed by atoms with Gasteiger partial charge >= 0.3 is 7.12 Å². The standard InChI is InChI=1S/C14H18BNO3/c1-13(2)14(3,4)19-15(18-13)12-7-6-11(17-5)8-10(12)9-16/h6-8H,1-5H3. The molecule has 0 atom stereocenters. The summed E-state index contributed by atoms with van der Waals surface area (Å²) in [5.74, 6) is 0.650. The third-order valence-corrected chi connectivity index (χ3v) is 3.89. The maximum Gasteiger partial charge on any atom is 0.496 e. The van der Waals surface area contributed by atoms with Gasteiger partial charge in [0, 0.05) is 5.46 Å². The predicted octanol–water partition coefficient (Wildman–Crippen LogP) is 1.87. The molecule has 0 aliphatic carbocycles. The van der Waals surface area contributed by atoms with Crippen molar-refractivity contribution >= 4 is 12.6 Å². The Bertz CT molecular complexity index is 518. The Labute approximate surface area is 114 Å². The molecule has 0 unspecified atom stereocenters. The first kappa shape index (κ1) is 13.9. The van der Waals surface area contributed by atoms with Crippen LogP contribution < -0.4 is 10.2 Å². The van der Waals surface area contributed by atoms with Crippen LogP contribution in [0.2, 0.25) is 0 Å². The minimum atomic E-state index is -0.523. The van der Waals surface area contributed by atoms with E-state index in [2.05, 4.69) is 6.07 Å². The van der Waals surface area contributed by atoms with E-state index in [0.29, 0.717) is 11.3 Å². The van der Waals surface area contributed by atoms with Crippen LogP contribution in [0.4, 0.5) is 0 Å². The van der Waals surface area contributed by atoms with E-state index < -0.39 is 18.3 Å². The van der Waals surface area contributed by atoms with E-state index >= 15 is 0 Å². The van der Waals surface area contributed by atoms with Gasteiger partial charge in [-0.25, -0.2) is 0 Å². The van der Waals surface area contributed by atoms with Crippen LogP contribution >= 0.6 is 0 Å². The highest BCUT2D eigenvalue weighted by atomic mass is 16.7. The average Bonchev–Trinajstić information content (AvgIpc) is 2.57. The summed E-state index contributed by atoms with van der Waals surface area (Å²) in [4.78, 5) is 0. The zero-order chi connectivity index (χ0) is 14.3. The summed E-state index contributed by atoms with van der Waals surface area (Å²) in [6.45, 7) is 7.95. The SMILES string of the molecule is COc1ccc(B2OC(C)(C)C(C)(C)O2)c(C#N)c1. The molecule has 1 fully saturated rings. The fourth-order valence-corrected chi connectivity index (χ4v) is 1.93. The first-order valence-corrected chi connectivity index (χ1v) is 6.24. The molecule has 0 spiro atoms. The summed E-state index contributed by atoms with van der Waals surface area (Å²) in [5.41, 5.74) is 0.425. The Morgan fingerprint density at radius 3 is 2.21 bits per heavy atom. The molecule has 1 aliphatic rings. The molecule has 0 aromatic heterocycles. The van der Waals surface area contributed by atoms with Gasteiger partial charge in [-0.2, -0.15) is 5.26 Å². The minimum Gasteiger partial charge on any atom is -0.497 e. The summed E-state index contributed by atoms with van der Waals surface area (Å²) in [6, 6.07) is 7.48. The molecule has 0 amide bonds. The van der Waals surface area contributed by atoms with Crippen LogP contribution in [0.3, 0.4) is 0 Å². The zero-order valence-corrected chi connectivity index (χ0v) is 12.0. The maximum absolute atomic E-state index is 9.24. The second kappa shape index (κ2) is 4.55. The number of nitrogens with zero attached hydrogens (tertiary/aromatic N) is 1. The first-order valence-electron chi connectivity index (χ1n) is 6.24. The zero-order valence-electron chi connectivity index (χ0n) is 12.0. The van der Waals surface area contributed by atoms with Gasteiger partial charge in [0.05, 0.1) is 29.9 Å². The predicted molar refractivity (Wildman–Crippen MR) is 73.4 cm³/mol. The molecule has 2 rings (SSSR count). The molecule has 4 nitrogen and oxygen atoms in total. The van der Waals surface area contributed by atoms with Gasteiger partial charge in [0.2, 0.25) is 0 Å². The third kappa shape index (κ3) is 2.34. The van der Waals surface area contributed by atoms with Crippen molar-refractivity contribution in [2.24, 2.45) is 0 Å². The van der Waals surface area contributed by atoms with E-state index in [1.54, 1.807) is 19.2 Å². The van der Waals surface area contributed by atoms with Gasteiger partial charge in [0.25, 0.3) is 0 Å². The molecule has 0 bridgehead atoms. The van der Waals surface area contributed by atoms with Crippen LogP contribution in [0.15, 0.2) is 18.2 Å². The molecule has 5 heteroatoms. The second-order valence-electron chi connectivity index (χ2n) is 5.65. The quantitative estimate of drug-likeness (QED) is 0.761. The Kier molecular flexibility index (Phi) is 3.33. The molecule has 1 aliphatic heterocycles. The van der Waals surface area contributed by atoms with Gasteiger partial charge in [0.15, 0.2) is 0 Å². The van der Waals surface area contributed by atoms with Crippen molar-refractivity contribution < 1.29 is 14.0 Å². The molecule has 1 heterocycles. The molecular weight excluding hydrogens is 241 g/mol. The monoisotopic (exact) mass is 259 g/mol. The molecule has 0 N–H and O–H groups in total. The van der Waals surface area contributed by atoms with Crippen LogP contribution in [0, 0.1) is 11.3 Å². The lowest BCUT2D eigenvalue weighted by Gasteiger charge is -2.32. The number of benzene rings is 1. The molecule has 0 radical (unpaired) electrons. The summed E-state index contributed by atoms with van der Waals surface area (Å²) in [7, 11) is 1.05. The number of methoxy groups -OCH3 is 1. The van der Waals surface area contributed by atoms with Crippen LogP contribution in [0.5, 0.6) is 5.75 Å². The van der Waals surface area contributed by atoms with Gasteiger partial charge in [0.1, 0.15) is 5.75 Å².